The number of rotatable bonds is 7. The van der Waals surface area contributed by atoms with Crippen molar-refractivity contribution in [3.8, 4) is 23.3 Å². The van der Waals surface area contributed by atoms with Gasteiger partial charge in [0.25, 0.3) is 5.91 Å². The van der Waals surface area contributed by atoms with Crippen molar-refractivity contribution >= 4 is 5.91 Å². The second kappa shape index (κ2) is 8.60. The third-order valence-electron chi connectivity index (χ3n) is 3.60. The van der Waals surface area contributed by atoms with E-state index in [9.17, 15) is 4.79 Å². The highest BCUT2D eigenvalue weighted by molar-refractivity contribution is 5.80. The summed E-state index contributed by atoms with van der Waals surface area (Å²) in [6.07, 6.45) is -0.676. The highest BCUT2D eigenvalue weighted by Gasteiger charge is 2.16. The lowest BCUT2D eigenvalue weighted by atomic mass is 10.2. The Bertz CT molecular complexity index is 766. The molecular weight excluding hydrogens is 320 g/mol. The summed E-state index contributed by atoms with van der Waals surface area (Å²) in [6, 6.07) is 14.1. The number of methoxy groups -OCH3 is 2. The highest BCUT2D eigenvalue weighted by atomic mass is 16.5. The van der Waals surface area contributed by atoms with Crippen LogP contribution in [0.5, 0.6) is 17.2 Å². The first-order chi connectivity index (χ1) is 12.1. The molecule has 130 valence electrons. The average molecular weight is 340 g/mol. The van der Waals surface area contributed by atoms with Gasteiger partial charge in [-0.1, -0.05) is 12.1 Å². The van der Waals surface area contributed by atoms with E-state index >= 15 is 0 Å². The normalized spacial score (nSPS) is 11.1. The molecule has 1 amide bonds. The van der Waals surface area contributed by atoms with Gasteiger partial charge in [-0.15, -0.1) is 0 Å². The van der Waals surface area contributed by atoms with Gasteiger partial charge in [0.15, 0.2) is 17.6 Å². The molecule has 0 bridgehead atoms. The minimum Gasteiger partial charge on any atom is -0.493 e. The number of carbonyl (C=O) groups excluding carboxylic acids is 1. The predicted molar refractivity (Wildman–Crippen MR) is 92.6 cm³/mol. The molecule has 0 aliphatic carbocycles. The quantitative estimate of drug-likeness (QED) is 0.838. The van der Waals surface area contributed by atoms with Crippen LogP contribution >= 0.6 is 0 Å². The van der Waals surface area contributed by atoms with Gasteiger partial charge in [-0.3, -0.25) is 4.79 Å². The molecule has 0 saturated heterocycles. The Morgan fingerprint density at radius 1 is 1.16 bits per heavy atom. The van der Waals surface area contributed by atoms with Gasteiger partial charge in [-0.25, -0.2) is 0 Å². The molecule has 0 heterocycles. The van der Waals surface area contributed by atoms with Crippen molar-refractivity contribution < 1.29 is 19.0 Å². The maximum Gasteiger partial charge on any atom is 0.261 e. The summed E-state index contributed by atoms with van der Waals surface area (Å²) in [4.78, 5) is 12.2. The molecule has 0 radical (unpaired) electrons. The molecule has 0 saturated carbocycles. The lowest BCUT2D eigenvalue weighted by molar-refractivity contribution is -0.127. The van der Waals surface area contributed by atoms with Crippen LogP contribution in [0.4, 0.5) is 0 Å². The maximum atomic E-state index is 12.2. The summed E-state index contributed by atoms with van der Waals surface area (Å²) in [5.74, 6) is 1.47. The maximum absolute atomic E-state index is 12.2. The lowest BCUT2D eigenvalue weighted by Crippen LogP contribution is -2.36. The predicted octanol–water partition coefficient (Wildman–Crippen LogP) is 2.66. The first-order valence-corrected chi connectivity index (χ1v) is 7.73. The first-order valence-electron chi connectivity index (χ1n) is 7.73. The van der Waals surface area contributed by atoms with Crippen LogP contribution in [0.3, 0.4) is 0 Å². The number of hydrogen-bond donors (Lipinski definition) is 1. The summed E-state index contributed by atoms with van der Waals surface area (Å²) >= 11 is 0. The van der Waals surface area contributed by atoms with Gasteiger partial charge >= 0.3 is 0 Å². The molecule has 25 heavy (non-hydrogen) atoms. The monoisotopic (exact) mass is 340 g/mol. The molecule has 6 nitrogen and oxygen atoms in total. The van der Waals surface area contributed by atoms with Crippen LogP contribution in [0.15, 0.2) is 42.5 Å². The molecule has 6 heteroatoms. The van der Waals surface area contributed by atoms with Gasteiger partial charge in [0, 0.05) is 12.1 Å². The van der Waals surface area contributed by atoms with Crippen LogP contribution in [-0.4, -0.2) is 26.2 Å². The Morgan fingerprint density at radius 2 is 1.88 bits per heavy atom. The lowest BCUT2D eigenvalue weighted by Gasteiger charge is -2.16. The smallest absolute Gasteiger partial charge is 0.261 e. The zero-order valence-corrected chi connectivity index (χ0v) is 14.4. The van der Waals surface area contributed by atoms with E-state index in [-0.39, 0.29) is 5.91 Å². The van der Waals surface area contributed by atoms with Crippen molar-refractivity contribution in [3.05, 3.63) is 53.6 Å². The number of amides is 1. The van der Waals surface area contributed by atoms with Crippen LogP contribution in [-0.2, 0) is 11.3 Å². The van der Waals surface area contributed by atoms with Crippen LogP contribution in [0.2, 0.25) is 0 Å². The van der Waals surface area contributed by atoms with Crippen molar-refractivity contribution in [2.45, 2.75) is 19.6 Å². The number of benzene rings is 2. The average Bonchev–Trinajstić information content (AvgIpc) is 2.66. The van der Waals surface area contributed by atoms with Crippen LogP contribution < -0.4 is 19.5 Å². The number of nitrogens with zero attached hydrogens (tertiary/aromatic N) is 1. The van der Waals surface area contributed by atoms with E-state index in [0.717, 1.165) is 5.56 Å². The number of nitriles is 1. The summed E-state index contributed by atoms with van der Waals surface area (Å²) in [5.41, 5.74) is 1.34. The zero-order chi connectivity index (χ0) is 18.2. The third-order valence-corrected chi connectivity index (χ3v) is 3.60. The Kier molecular flexibility index (Phi) is 6.24. The van der Waals surface area contributed by atoms with Crippen molar-refractivity contribution in [3.63, 3.8) is 0 Å². The summed E-state index contributed by atoms with van der Waals surface area (Å²) in [5, 5.41) is 11.6. The SMILES string of the molecule is COc1cccc(CNC(=O)C(C)Oc2ccc(C#N)cc2)c1OC. The first kappa shape index (κ1) is 18.1. The van der Waals surface area contributed by atoms with Gasteiger partial charge in [0.2, 0.25) is 0 Å². The topological polar surface area (TPSA) is 80.6 Å². The standard InChI is InChI=1S/C19H20N2O4/c1-13(25-16-9-7-14(11-20)8-10-16)19(22)21-12-15-5-4-6-17(23-2)18(15)24-3/h4-10,13H,12H2,1-3H3,(H,21,22). The fourth-order valence-corrected chi connectivity index (χ4v) is 2.28. The Morgan fingerprint density at radius 3 is 2.48 bits per heavy atom. The molecule has 0 spiro atoms. The molecule has 2 aromatic carbocycles. The molecule has 2 aromatic rings. The molecule has 1 unspecified atom stereocenters. The molecule has 0 fully saturated rings. The second-order valence-corrected chi connectivity index (χ2v) is 5.27. The van der Waals surface area contributed by atoms with E-state index in [0.29, 0.717) is 29.4 Å². The van der Waals surface area contributed by atoms with E-state index in [4.69, 9.17) is 19.5 Å². The van der Waals surface area contributed by atoms with Crippen molar-refractivity contribution in [2.75, 3.05) is 14.2 Å². The second-order valence-electron chi connectivity index (χ2n) is 5.27. The van der Waals surface area contributed by atoms with Gasteiger partial charge in [0.1, 0.15) is 5.75 Å². The molecular formula is C19H20N2O4. The molecule has 1 N–H and O–H groups in total. The Labute approximate surface area is 146 Å². The van der Waals surface area contributed by atoms with E-state index in [2.05, 4.69) is 5.32 Å². The highest BCUT2D eigenvalue weighted by Crippen LogP contribution is 2.30. The number of nitrogens with one attached hydrogen (secondary N) is 1. The molecule has 0 aromatic heterocycles. The number of para-hydroxylation sites is 1. The summed E-state index contributed by atoms with van der Waals surface area (Å²) in [6.45, 7) is 1.95. The van der Waals surface area contributed by atoms with Gasteiger partial charge in [-0.05, 0) is 37.3 Å². The molecule has 0 aliphatic rings. The number of ether oxygens (including phenoxy) is 3. The minimum absolute atomic E-state index is 0.255. The molecule has 1 atom stereocenters. The zero-order valence-electron chi connectivity index (χ0n) is 14.4. The van der Waals surface area contributed by atoms with Gasteiger partial charge < -0.3 is 19.5 Å². The number of carbonyl (C=O) groups is 1. The number of hydrogen-bond acceptors (Lipinski definition) is 5. The third kappa shape index (κ3) is 4.64. The summed E-state index contributed by atoms with van der Waals surface area (Å²) < 4.78 is 16.2. The fourth-order valence-electron chi connectivity index (χ4n) is 2.28. The van der Waals surface area contributed by atoms with Crippen molar-refractivity contribution in [1.29, 1.82) is 5.26 Å². The Hall–Kier alpha value is -3.20. The van der Waals surface area contributed by atoms with Crippen LogP contribution in [0.25, 0.3) is 0 Å². The van der Waals surface area contributed by atoms with Gasteiger partial charge in [-0.2, -0.15) is 5.26 Å². The minimum atomic E-state index is -0.676. The summed E-state index contributed by atoms with van der Waals surface area (Å²) in [7, 11) is 3.12. The largest absolute Gasteiger partial charge is 0.493 e. The Balaban J connectivity index is 1.96. The molecule has 0 aliphatic heterocycles. The fraction of sp³-hybridized carbons (Fsp3) is 0.263. The van der Waals surface area contributed by atoms with E-state index < -0.39 is 6.10 Å². The molecule has 2 rings (SSSR count). The van der Waals surface area contributed by atoms with E-state index in [1.54, 1.807) is 51.5 Å². The van der Waals surface area contributed by atoms with Gasteiger partial charge in [0.05, 0.1) is 25.9 Å². The van der Waals surface area contributed by atoms with Crippen molar-refractivity contribution in [2.24, 2.45) is 0 Å². The van der Waals surface area contributed by atoms with E-state index in [1.165, 1.54) is 0 Å². The van der Waals surface area contributed by atoms with Crippen molar-refractivity contribution in [1.82, 2.24) is 5.32 Å². The van der Waals surface area contributed by atoms with E-state index in [1.807, 2.05) is 18.2 Å². The van der Waals surface area contributed by atoms with Crippen LogP contribution in [0, 0.1) is 11.3 Å². The van der Waals surface area contributed by atoms with Crippen LogP contribution in [0.1, 0.15) is 18.1 Å².